The Morgan fingerprint density at radius 1 is 1.11 bits per heavy atom. The fourth-order valence-corrected chi connectivity index (χ4v) is 7.51. The van der Waals surface area contributed by atoms with Gasteiger partial charge in [0.25, 0.3) is 0 Å². The van der Waals surface area contributed by atoms with Gasteiger partial charge in [-0.2, -0.15) is 8.42 Å². The summed E-state index contributed by atoms with van der Waals surface area (Å²) in [6, 6.07) is 5.32. The molecule has 3 aliphatic carbocycles. The topological polar surface area (TPSA) is 99.1 Å². The summed E-state index contributed by atoms with van der Waals surface area (Å²) in [5, 5.41) is 0. The quantitative estimate of drug-likeness (QED) is 0.225. The van der Waals surface area contributed by atoms with E-state index >= 15 is 0 Å². The molecule has 0 heterocycles. The molecule has 3 aliphatic rings. The van der Waals surface area contributed by atoms with Crippen molar-refractivity contribution in [3.8, 4) is 5.75 Å². The molecule has 0 saturated heterocycles. The number of nitrogens with zero attached hydrogens (tertiary/aromatic N) is 1. The highest BCUT2D eigenvalue weighted by atomic mass is 32.3. The van der Waals surface area contributed by atoms with E-state index in [1.54, 1.807) is 12.1 Å². The number of ether oxygens (including phenoxy) is 2. The lowest BCUT2D eigenvalue weighted by atomic mass is 9.55. The Morgan fingerprint density at radius 2 is 1.83 bits per heavy atom. The molecule has 0 spiro atoms. The summed E-state index contributed by atoms with van der Waals surface area (Å²) < 4.78 is 48.1. The zero-order chi connectivity index (χ0) is 25.4. The first kappa shape index (κ1) is 26.2. The van der Waals surface area contributed by atoms with Crippen molar-refractivity contribution in [2.24, 2.45) is 17.3 Å². The molecule has 8 nitrogen and oxygen atoms in total. The maximum atomic E-state index is 12.7. The minimum absolute atomic E-state index is 0.0576. The van der Waals surface area contributed by atoms with Crippen LogP contribution in [0.2, 0.25) is 0 Å². The Balaban J connectivity index is 1.43. The van der Waals surface area contributed by atoms with Crippen LogP contribution in [0.25, 0.3) is 0 Å². The molecule has 0 bridgehead atoms. The Hall–Kier alpha value is -1.84. The summed E-state index contributed by atoms with van der Waals surface area (Å²) in [6.07, 6.45) is 5.05. The molecule has 4 rings (SSSR count). The van der Waals surface area contributed by atoms with Crippen molar-refractivity contribution in [1.82, 2.24) is 0 Å². The maximum absolute atomic E-state index is 12.7. The highest BCUT2D eigenvalue weighted by molar-refractivity contribution is 7.81. The largest absolute Gasteiger partial charge is 0.512 e. The summed E-state index contributed by atoms with van der Waals surface area (Å²) in [5.74, 6) is 1.52. The molecule has 0 aromatic heterocycles. The van der Waals surface area contributed by atoms with Gasteiger partial charge in [-0.05, 0) is 100 Å². The van der Waals surface area contributed by atoms with Gasteiger partial charge < -0.3 is 13.7 Å². The molecular formula is C26H40NO7S+. The van der Waals surface area contributed by atoms with Gasteiger partial charge in [0.1, 0.15) is 11.9 Å². The Labute approximate surface area is 209 Å². The van der Waals surface area contributed by atoms with E-state index in [4.69, 9.17) is 14.0 Å². The molecule has 0 aliphatic heterocycles. The molecule has 0 unspecified atom stereocenters. The van der Waals surface area contributed by atoms with Gasteiger partial charge in [-0.15, -0.1) is 0 Å². The van der Waals surface area contributed by atoms with Crippen molar-refractivity contribution >= 4 is 16.6 Å². The lowest BCUT2D eigenvalue weighted by Crippen LogP contribution is -2.50. The Bertz CT molecular complexity index is 1030. The zero-order valence-corrected chi connectivity index (χ0v) is 22.2. The number of aryl methyl sites for hydroxylation is 1. The van der Waals surface area contributed by atoms with Gasteiger partial charge in [-0.1, -0.05) is 13.0 Å². The van der Waals surface area contributed by atoms with E-state index in [-0.39, 0.29) is 17.3 Å². The number of fused-ring (bicyclic) bond motifs is 5. The second-order valence-electron chi connectivity index (χ2n) is 10.8. The van der Waals surface area contributed by atoms with Crippen LogP contribution in [0.1, 0.15) is 76.8 Å². The number of quaternary nitrogens is 1. The van der Waals surface area contributed by atoms with Crippen LogP contribution in [-0.2, 0) is 26.3 Å². The molecule has 1 aromatic rings. The van der Waals surface area contributed by atoms with E-state index in [0.29, 0.717) is 24.5 Å². The summed E-state index contributed by atoms with van der Waals surface area (Å²) in [6.45, 7) is 11.7. The van der Waals surface area contributed by atoms with Crippen molar-refractivity contribution in [2.75, 3.05) is 26.4 Å². The second-order valence-corrected chi connectivity index (χ2v) is 11.9. The van der Waals surface area contributed by atoms with E-state index in [0.717, 1.165) is 68.2 Å². The van der Waals surface area contributed by atoms with Crippen LogP contribution in [0.3, 0.4) is 0 Å². The average molecular weight is 511 g/mol. The molecule has 2 saturated carbocycles. The van der Waals surface area contributed by atoms with Gasteiger partial charge in [-0.25, -0.2) is 4.79 Å². The maximum Gasteiger partial charge on any atom is 0.512 e. The van der Waals surface area contributed by atoms with Crippen molar-refractivity contribution in [1.29, 1.82) is 0 Å². The first-order valence-electron chi connectivity index (χ1n) is 13.0. The molecule has 196 valence electrons. The van der Waals surface area contributed by atoms with Gasteiger partial charge in [0.2, 0.25) is 6.73 Å². The number of carbonyl (C=O) groups is 1. The minimum atomic E-state index is -4.53. The average Bonchev–Trinajstić information content (AvgIpc) is 3.15. The summed E-state index contributed by atoms with van der Waals surface area (Å²) in [4.78, 5) is 12.7. The fourth-order valence-electron chi connectivity index (χ4n) is 7.16. The van der Waals surface area contributed by atoms with Gasteiger partial charge in [-0.3, -0.25) is 9.04 Å². The van der Waals surface area contributed by atoms with Gasteiger partial charge in [0.05, 0.1) is 19.6 Å². The number of carbonyl (C=O) groups excluding carboxylic acids is 1. The molecule has 5 atom stereocenters. The smallest absolute Gasteiger partial charge is 0.430 e. The molecule has 9 heteroatoms. The number of benzene rings is 1. The van der Waals surface area contributed by atoms with Gasteiger partial charge in [0, 0.05) is 5.41 Å². The number of rotatable bonds is 8. The van der Waals surface area contributed by atoms with Crippen LogP contribution >= 0.6 is 0 Å². The van der Waals surface area contributed by atoms with Crippen LogP contribution in [0.4, 0.5) is 4.79 Å². The molecule has 2 fully saturated rings. The van der Waals surface area contributed by atoms with Crippen molar-refractivity contribution < 1.29 is 35.9 Å². The number of hydrogen-bond donors (Lipinski definition) is 1. The van der Waals surface area contributed by atoms with Gasteiger partial charge >= 0.3 is 16.6 Å². The Kier molecular flexibility index (Phi) is 7.42. The van der Waals surface area contributed by atoms with Crippen LogP contribution in [0.5, 0.6) is 5.75 Å². The highest BCUT2D eigenvalue weighted by Gasteiger charge is 2.56. The predicted octanol–water partition coefficient (Wildman–Crippen LogP) is 5.08. The van der Waals surface area contributed by atoms with Gasteiger partial charge in [0.15, 0.2) is 0 Å². The van der Waals surface area contributed by atoms with E-state index < -0.39 is 16.6 Å². The van der Waals surface area contributed by atoms with Crippen LogP contribution < -0.4 is 4.18 Å². The third kappa shape index (κ3) is 5.18. The standard InChI is InChI=1S/C26H39NO7S/c1-5-27(6-2,7-3)17-32-25(28)33-24-13-12-23-22-10-8-18-16-19(34-35(29,30)31)9-11-20(18)21(22)14-15-26(23,24)4/h9,11,16,21-24H,5-8,10,12-15,17H2,1-4H3/p+1/t21-,22-,23+,24+,26+/m1/s1. The predicted molar refractivity (Wildman–Crippen MR) is 131 cm³/mol. The summed E-state index contributed by atoms with van der Waals surface area (Å²) in [5.41, 5.74) is 2.29. The Morgan fingerprint density at radius 3 is 2.49 bits per heavy atom. The third-order valence-electron chi connectivity index (χ3n) is 9.52. The van der Waals surface area contributed by atoms with E-state index in [2.05, 4.69) is 31.9 Å². The summed E-state index contributed by atoms with van der Waals surface area (Å²) in [7, 11) is -4.53. The lowest BCUT2D eigenvalue weighted by Gasteiger charge is -2.50. The van der Waals surface area contributed by atoms with Crippen molar-refractivity contribution in [3.63, 3.8) is 0 Å². The molecule has 35 heavy (non-hydrogen) atoms. The fraction of sp³-hybridized carbons (Fsp3) is 0.731. The van der Waals surface area contributed by atoms with E-state index in [1.807, 2.05) is 6.07 Å². The lowest BCUT2D eigenvalue weighted by molar-refractivity contribution is -0.939. The van der Waals surface area contributed by atoms with Crippen LogP contribution in [-0.4, -0.2) is 56.1 Å². The van der Waals surface area contributed by atoms with E-state index in [9.17, 15) is 13.2 Å². The van der Waals surface area contributed by atoms with Crippen LogP contribution in [0, 0.1) is 17.3 Å². The van der Waals surface area contributed by atoms with Crippen molar-refractivity contribution in [3.05, 3.63) is 29.3 Å². The van der Waals surface area contributed by atoms with Crippen LogP contribution in [0.15, 0.2) is 18.2 Å². The highest BCUT2D eigenvalue weighted by Crippen LogP contribution is 2.61. The monoisotopic (exact) mass is 510 g/mol. The van der Waals surface area contributed by atoms with Crippen molar-refractivity contribution in [2.45, 2.75) is 78.2 Å². The molecular weight excluding hydrogens is 470 g/mol. The zero-order valence-electron chi connectivity index (χ0n) is 21.4. The molecule has 0 amide bonds. The summed E-state index contributed by atoms with van der Waals surface area (Å²) >= 11 is 0. The molecule has 0 radical (unpaired) electrons. The molecule has 1 N–H and O–H groups in total. The first-order chi connectivity index (χ1) is 16.5. The normalized spacial score (nSPS) is 30.1. The second kappa shape index (κ2) is 9.90. The SMILES string of the molecule is CC[N+](CC)(CC)COC(=O)O[C@H]1CC[C@H]2[C@@H]3CCc4cc(OS(=O)(=O)O)ccc4[C@H]3CC[C@]12C. The van der Waals surface area contributed by atoms with E-state index in [1.165, 1.54) is 5.56 Å². The minimum Gasteiger partial charge on any atom is -0.430 e. The number of hydrogen-bond acceptors (Lipinski definition) is 6. The first-order valence-corrected chi connectivity index (χ1v) is 14.4. The third-order valence-corrected chi connectivity index (χ3v) is 9.92. The molecule has 1 aromatic carbocycles.